The number of fused-ring (bicyclic) bond motifs is 1. The molecule has 3 rings (SSSR count). The number of sulfonamides is 1. The van der Waals surface area contributed by atoms with Gasteiger partial charge in [-0.05, 0) is 45.7 Å². The normalized spacial score (nSPS) is 14.5. The highest BCUT2D eigenvalue weighted by Gasteiger charge is 2.44. The Labute approximate surface area is 161 Å². The second-order valence-corrected chi connectivity index (χ2v) is 9.32. The van der Waals surface area contributed by atoms with Crippen LogP contribution in [0.15, 0.2) is 29.3 Å². The summed E-state index contributed by atoms with van der Waals surface area (Å²) in [5.74, 6) is 0. The van der Waals surface area contributed by atoms with Crippen LogP contribution < -0.4 is 0 Å². The van der Waals surface area contributed by atoms with Crippen molar-refractivity contribution in [3.8, 4) is 6.07 Å². The molecule has 148 valence electrons. The molecule has 1 aliphatic rings. The number of carbonyl (C=O) groups excluding carboxylic acids is 1. The van der Waals surface area contributed by atoms with E-state index in [0.29, 0.717) is 18.2 Å². The highest BCUT2D eigenvalue weighted by Crippen LogP contribution is 2.34. The Kier molecular flexibility index (Phi) is 4.59. The molecule has 1 saturated carbocycles. The Hall–Kier alpha value is -3.06. The van der Waals surface area contributed by atoms with Crippen molar-refractivity contribution in [3.63, 3.8) is 0 Å². The van der Waals surface area contributed by atoms with Crippen LogP contribution in [0.4, 0.5) is 9.59 Å². The molecule has 1 heterocycles. The quantitative estimate of drug-likeness (QED) is 0.830. The van der Waals surface area contributed by atoms with Gasteiger partial charge in [-0.1, -0.05) is 6.07 Å². The van der Waals surface area contributed by atoms with Gasteiger partial charge >= 0.3 is 12.2 Å². The number of nitriles is 1. The Balaban J connectivity index is 2.07. The molecule has 9 nitrogen and oxygen atoms in total. The van der Waals surface area contributed by atoms with E-state index >= 15 is 0 Å². The summed E-state index contributed by atoms with van der Waals surface area (Å²) in [7, 11) is -4.21. The molecule has 1 N–H and O–H groups in total. The predicted octanol–water partition coefficient (Wildman–Crippen LogP) is 3.13. The molecule has 0 saturated heterocycles. The zero-order valence-electron chi connectivity index (χ0n) is 15.5. The van der Waals surface area contributed by atoms with Gasteiger partial charge in [0.05, 0.1) is 10.9 Å². The minimum atomic E-state index is -4.21. The van der Waals surface area contributed by atoms with Crippen LogP contribution in [-0.4, -0.2) is 46.2 Å². The van der Waals surface area contributed by atoms with E-state index in [1.54, 1.807) is 26.8 Å². The summed E-state index contributed by atoms with van der Waals surface area (Å²) in [6.07, 6.45) is -0.0328. The van der Waals surface area contributed by atoms with Gasteiger partial charge in [-0.25, -0.2) is 22.6 Å². The van der Waals surface area contributed by atoms with Crippen LogP contribution in [0, 0.1) is 11.3 Å². The first-order valence-corrected chi connectivity index (χ1v) is 9.95. The Morgan fingerprint density at radius 1 is 1.32 bits per heavy atom. The first kappa shape index (κ1) is 19.7. The van der Waals surface area contributed by atoms with E-state index in [0.717, 1.165) is 8.87 Å². The van der Waals surface area contributed by atoms with Gasteiger partial charge < -0.3 is 9.84 Å². The summed E-state index contributed by atoms with van der Waals surface area (Å²) in [6.45, 7) is 4.94. The second kappa shape index (κ2) is 6.53. The van der Waals surface area contributed by atoms with Crippen molar-refractivity contribution in [2.24, 2.45) is 0 Å². The molecule has 2 aromatic rings. The third kappa shape index (κ3) is 3.53. The van der Waals surface area contributed by atoms with E-state index in [2.05, 4.69) is 0 Å². The molecule has 1 fully saturated rings. The van der Waals surface area contributed by atoms with Crippen LogP contribution in [0.3, 0.4) is 0 Å². The first-order valence-electron chi connectivity index (χ1n) is 8.51. The summed E-state index contributed by atoms with van der Waals surface area (Å²) >= 11 is 0. The van der Waals surface area contributed by atoms with Gasteiger partial charge in [0.15, 0.2) is 0 Å². The summed E-state index contributed by atoms with van der Waals surface area (Å²) in [5.41, 5.74) is -0.970. The zero-order chi connectivity index (χ0) is 20.9. The molecular weight excluding hydrogens is 386 g/mol. The maximum Gasteiger partial charge on any atom is 0.424 e. The van der Waals surface area contributed by atoms with Gasteiger partial charge in [-0.3, -0.25) is 0 Å². The molecule has 1 amide bonds. The molecule has 0 aliphatic heterocycles. The van der Waals surface area contributed by atoms with E-state index in [9.17, 15) is 28.4 Å². The minimum Gasteiger partial charge on any atom is -0.464 e. The smallest absolute Gasteiger partial charge is 0.424 e. The number of benzene rings is 1. The van der Waals surface area contributed by atoms with Gasteiger partial charge in [0, 0.05) is 17.0 Å². The molecule has 1 aromatic heterocycles. The van der Waals surface area contributed by atoms with E-state index in [-0.39, 0.29) is 16.0 Å². The number of nitrogens with zero attached hydrogens (tertiary/aromatic N) is 3. The Morgan fingerprint density at radius 2 is 1.96 bits per heavy atom. The third-order valence-electron chi connectivity index (χ3n) is 4.11. The summed E-state index contributed by atoms with van der Waals surface area (Å²) in [5, 5.41) is 19.0. The summed E-state index contributed by atoms with van der Waals surface area (Å²) in [4.78, 5) is 23.6. The number of rotatable bonds is 3. The van der Waals surface area contributed by atoms with Gasteiger partial charge in [0.1, 0.15) is 17.4 Å². The lowest BCUT2D eigenvalue weighted by Gasteiger charge is -2.27. The molecular formula is C18H19N3O6S. The average molecular weight is 405 g/mol. The summed E-state index contributed by atoms with van der Waals surface area (Å²) in [6, 6.07) is 5.21. The van der Waals surface area contributed by atoms with Crippen molar-refractivity contribution in [2.45, 2.75) is 50.2 Å². The van der Waals surface area contributed by atoms with Crippen LogP contribution in [0.2, 0.25) is 0 Å². The van der Waals surface area contributed by atoms with Crippen LogP contribution in [-0.2, 0) is 14.8 Å². The van der Waals surface area contributed by atoms with Crippen LogP contribution in [0.1, 0.15) is 39.3 Å². The van der Waals surface area contributed by atoms with Crippen molar-refractivity contribution in [3.05, 3.63) is 30.1 Å². The van der Waals surface area contributed by atoms with Gasteiger partial charge in [0.25, 0.3) is 10.0 Å². The molecule has 10 heteroatoms. The second-order valence-electron chi connectivity index (χ2n) is 7.50. The lowest BCUT2D eigenvalue weighted by molar-refractivity contribution is 0.0382. The maximum atomic E-state index is 13.1. The Morgan fingerprint density at radius 3 is 2.46 bits per heavy atom. The highest BCUT2D eigenvalue weighted by atomic mass is 32.2. The molecule has 0 spiro atoms. The fourth-order valence-electron chi connectivity index (χ4n) is 2.80. The van der Waals surface area contributed by atoms with E-state index in [1.807, 2.05) is 0 Å². The first-order chi connectivity index (χ1) is 13.0. The largest absolute Gasteiger partial charge is 0.464 e. The molecule has 0 bridgehead atoms. The summed E-state index contributed by atoms with van der Waals surface area (Å²) < 4.78 is 33.0. The fourth-order valence-corrected chi connectivity index (χ4v) is 4.37. The van der Waals surface area contributed by atoms with Crippen molar-refractivity contribution in [1.29, 1.82) is 5.26 Å². The van der Waals surface area contributed by atoms with Crippen molar-refractivity contribution < 1.29 is 27.9 Å². The molecule has 28 heavy (non-hydrogen) atoms. The number of amides is 1. The molecule has 0 unspecified atom stereocenters. The number of carbonyl (C=O) groups is 2. The third-order valence-corrected chi connectivity index (χ3v) is 5.92. The minimum absolute atomic E-state index is 0.113. The van der Waals surface area contributed by atoms with Crippen LogP contribution in [0.5, 0.6) is 0 Å². The average Bonchev–Trinajstić information content (AvgIpc) is 3.30. The van der Waals surface area contributed by atoms with Crippen molar-refractivity contribution in [2.75, 3.05) is 0 Å². The number of ether oxygens (including phenoxy) is 1. The number of hydrogen-bond acceptors (Lipinski definition) is 6. The SMILES string of the molecule is CC(C)(C)OC(=O)N(C1CC1)S(=O)(=O)c1ccc2c(C#N)n(C(=O)O)cc2c1. The fraction of sp³-hybridized carbons (Fsp3) is 0.389. The van der Waals surface area contributed by atoms with Gasteiger partial charge in [-0.2, -0.15) is 9.57 Å². The van der Waals surface area contributed by atoms with E-state index in [4.69, 9.17) is 4.74 Å². The van der Waals surface area contributed by atoms with Gasteiger partial charge in [0.2, 0.25) is 0 Å². The predicted molar refractivity (Wildman–Crippen MR) is 98.4 cm³/mol. The molecule has 0 radical (unpaired) electrons. The van der Waals surface area contributed by atoms with E-state index < -0.39 is 33.9 Å². The lowest BCUT2D eigenvalue weighted by Crippen LogP contribution is -2.42. The molecule has 1 aliphatic carbocycles. The molecule has 1 aromatic carbocycles. The lowest BCUT2D eigenvalue weighted by atomic mass is 10.2. The van der Waals surface area contributed by atoms with Gasteiger partial charge in [-0.15, -0.1) is 0 Å². The van der Waals surface area contributed by atoms with Crippen LogP contribution in [0.25, 0.3) is 10.8 Å². The standard InChI is InChI=1S/C18H19N3O6S/c1-18(2,3)27-17(24)21(12-4-5-12)28(25,26)13-6-7-14-11(8-13)10-20(16(22)23)15(14)9-19/h6-8,10,12H,4-5H2,1-3H3,(H,22,23). The monoisotopic (exact) mass is 405 g/mol. The topological polar surface area (TPSA) is 130 Å². The highest BCUT2D eigenvalue weighted by molar-refractivity contribution is 7.89. The number of aromatic nitrogens is 1. The zero-order valence-corrected chi connectivity index (χ0v) is 16.4. The Bertz CT molecular complexity index is 1120. The number of carboxylic acid groups (broad SMARTS) is 1. The maximum absolute atomic E-state index is 13.1. The number of hydrogen-bond donors (Lipinski definition) is 1. The van der Waals surface area contributed by atoms with E-state index in [1.165, 1.54) is 24.4 Å². The van der Waals surface area contributed by atoms with Crippen molar-refractivity contribution in [1.82, 2.24) is 8.87 Å². The molecule has 0 atom stereocenters. The van der Waals surface area contributed by atoms with Crippen molar-refractivity contribution >= 4 is 33.0 Å². The van der Waals surface area contributed by atoms with Crippen LogP contribution >= 0.6 is 0 Å².